The number of nitrogens with one attached hydrogen (secondary N) is 1. The highest BCUT2D eigenvalue weighted by molar-refractivity contribution is 5.93. The summed E-state index contributed by atoms with van der Waals surface area (Å²) in [6, 6.07) is 5.70. The molecule has 0 aliphatic carbocycles. The highest BCUT2D eigenvalue weighted by atomic mass is 16.5. The third kappa shape index (κ3) is 3.56. The lowest BCUT2D eigenvalue weighted by Crippen LogP contribution is -2.33. The SMILES string of the molecule is CC(C)n1cnnc1-c1cccc(NC(=O)C2CCCCO2)n1. The van der Waals surface area contributed by atoms with Crippen LogP contribution in [0.3, 0.4) is 0 Å². The molecule has 0 aromatic carbocycles. The molecule has 0 spiro atoms. The highest BCUT2D eigenvalue weighted by Gasteiger charge is 2.22. The minimum absolute atomic E-state index is 0.139. The molecule has 1 atom stereocenters. The molecule has 0 bridgehead atoms. The van der Waals surface area contributed by atoms with Crippen LogP contribution in [0.1, 0.15) is 39.2 Å². The Morgan fingerprint density at radius 2 is 2.26 bits per heavy atom. The number of ether oxygens (including phenoxy) is 1. The van der Waals surface area contributed by atoms with E-state index in [1.54, 1.807) is 12.4 Å². The zero-order valence-corrected chi connectivity index (χ0v) is 13.4. The molecule has 1 N–H and O–H groups in total. The van der Waals surface area contributed by atoms with E-state index in [4.69, 9.17) is 4.74 Å². The first kappa shape index (κ1) is 15.6. The molecular formula is C16H21N5O2. The topological polar surface area (TPSA) is 81.9 Å². The molecule has 7 heteroatoms. The second-order valence-corrected chi connectivity index (χ2v) is 5.91. The van der Waals surface area contributed by atoms with Gasteiger partial charge in [-0.2, -0.15) is 0 Å². The zero-order chi connectivity index (χ0) is 16.2. The normalized spacial score (nSPS) is 18.1. The van der Waals surface area contributed by atoms with Crippen LogP contribution in [-0.4, -0.2) is 38.4 Å². The van der Waals surface area contributed by atoms with Gasteiger partial charge in [0.2, 0.25) is 0 Å². The van der Waals surface area contributed by atoms with Crippen molar-refractivity contribution in [2.24, 2.45) is 0 Å². The van der Waals surface area contributed by atoms with Crippen LogP contribution in [0.2, 0.25) is 0 Å². The number of hydrogen-bond acceptors (Lipinski definition) is 5. The molecule has 3 heterocycles. The van der Waals surface area contributed by atoms with E-state index < -0.39 is 0 Å². The molecule has 7 nitrogen and oxygen atoms in total. The van der Waals surface area contributed by atoms with Gasteiger partial charge in [0.25, 0.3) is 5.91 Å². The summed E-state index contributed by atoms with van der Waals surface area (Å²) < 4.78 is 7.44. The molecule has 3 rings (SSSR count). The van der Waals surface area contributed by atoms with Gasteiger partial charge in [0, 0.05) is 12.6 Å². The molecule has 0 saturated carbocycles. The Morgan fingerprint density at radius 3 is 3.00 bits per heavy atom. The van der Waals surface area contributed by atoms with Gasteiger partial charge in [-0.15, -0.1) is 10.2 Å². The maximum atomic E-state index is 12.2. The molecule has 1 aliphatic rings. The predicted molar refractivity (Wildman–Crippen MR) is 85.9 cm³/mol. The van der Waals surface area contributed by atoms with Gasteiger partial charge in [0.05, 0.1) is 0 Å². The van der Waals surface area contributed by atoms with Crippen molar-refractivity contribution in [2.75, 3.05) is 11.9 Å². The van der Waals surface area contributed by atoms with Crippen LogP contribution in [-0.2, 0) is 9.53 Å². The van der Waals surface area contributed by atoms with Crippen LogP contribution >= 0.6 is 0 Å². The Balaban J connectivity index is 1.77. The summed E-state index contributed by atoms with van der Waals surface area (Å²) in [6.07, 6.45) is 4.09. The summed E-state index contributed by atoms with van der Waals surface area (Å²) >= 11 is 0. The first-order valence-corrected chi connectivity index (χ1v) is 7.94. The van der Waals surface area contributed by atoms with E-state index in [2.05, 4.69) is 34.3 Å². The number of anilines is 1. The molecule has 2 aromatic heterocycles. The number of nitrogens with zero attached hydrogens (tertiary/aromatic N) is 4. The van der Waals surface area contributed by atoms with E-state index in [1.165, 1.54) is 0 Å². The molecule has 1 unspecified atom stereocenters. The van der Waals surface area contributed by atoms with E-state index in [0.29, 0.717) is 23.9 Å². The summed E-state index contributed by atoms with van der Waals surface area (Å²) in [6.45, 7) is 4.75. The van der Waals surface area contributed by atoms with E-state index in [1.807, 2.05) is 16.7 Å². The lowest BCUT2D eigenvalue weighted by Gasteiger charge is -2.21. The molecule has 2 aromatic rings. The van der Waals surface area contributed by atoms with Gasteiger partial charge in [-0.05, 0) is 45.2 Å². The number of carbonyl (C=O) groups is 1. The number of pyridine rings is 1. The van der Waals surface area contributed by atoms with Gasteiger partial charge in [0.15, 0.2) is 5.82 Å². The lowest BCUT2D eigenvalue weighted by molar-refractivity contribution is -0.130. The molecular weight excluding hydrogens is 294 g/mol. The second-order valence-electron chi connectivity index (χ2n) is 5.91. The van der Waals surface area contributed by atoms with Gasteiger partial charge in [-0.25, -0.2) is 4.98 Å². The van der Waals surface area contributed by atoms with Gasteiger partial charge < -0.3 is 14.6 Å². The predicted octanol–water partition coefficient (Wildman–Crippen LogP) is 2.43. The maximum absolute atomic E-state index is 12.2. The van der Waals surface area contributed by atoms with Crippen molar-refractivity contribution in [3.8, 4) is 11.5 Å². The average molecular weight is 315 g/mol. The van der Waals surface area contributed by atoms with Gasteiger partial charge in [0.1, 0.15) is 23.9 Å². The summed E-state index contributed by atoms with van der Waals surface area (Å²) in [5.41, 5.74) is 0.679. The highest BCUT2D eigenvalue weighted by Crippen LogP contribution is 2.20. The Labute approximate surface area is 135 Å². The quantitative estimate of drug-likeness (QED) is 0.937. The van der Waals surface area contributed by atoms with Crippen LogP contribution in [0.5, 0.6) is 0 Å². The first-order valence-electron chi connectivity index (χ1n) is 7.94. The van der Waals surface area contributed by atoms with Crippen LogP contribution in [0, 0.1) is 0 Å². The maximum Gasteiger partial charge on any atom is 0.254 e. The smallest absolute Gasteiger partial charge is 0.254 e. The number of carbonyl (C=O) groups excluding carboxylic acids is 1. The number of rotatable bonds is 4. The van der Waals surface area contributed by atoms with Crippen LogP contribution < -0.4 is 5.32 Å². The zero-order valence-electron chi connectivity index (χ0n) is 13.4. The Morgan fingerprint density at radius 1 is 1.39 bits per heavy atom. The fraction of sp³-hybridized carbons (Fsp3) is 0.500. The standard InChI is InChI=1S/C16H21N5O2/c1-11(2)21-10-17-20-15(21)12-6-5-8-14(18-12)19-16(22)13-7-3-4-9-23-13/h5-6,8,10-11,13H,3-4,7,9H2,1-2H3,(H,18,19,22). The third-order valence-corrected chi connectivity index (χ3v) is 3.83. The number of amides is 1. The lowest BCUT2D eigenvalue weighted by atomic mass is 10.1. The molecule has 0 radical (unpaired) electrons. The monoisotopic (exact) mass is 315 g/mol. The number of hydrogen-bond donors (Lipinski definition) is 1. The van der Waals surface area contributed by atoms with E-state index in [-0.39, 0.29) is 18.1 Å². The van der Waals surface area contributed by atoms with Crippen molar-refractivity contribution < 1.29 is 9.53 Å². The Hall–Kier alpha value is -2.28. The minimum Gasteiger partial charge on any atom is -0.368 e. The van der Waals surface area contributed by atoms with Crippen molar-refractivity contribution in [3.05, 3.63) is 24.5 Å². The second kappa shape index (κ2) is 6.87. The largest absolute Gasteiger partial charge is 0.368 e. The molecule has 1 fully saturated rings. The fourth-order valence-corrected chi connectivity index (χ4v) is 2.59. The summed E-state index contributed by atoms with van der Waals surface area (Å²) in [4.78, 5) is 16.7. The van der Waals surface area contributed by atoms with E-state index in [9.17, 15) is 4.79 Å². The summed E-state index contributed by atoms with van der Waals surface area (Å²) in [5, 5.41) is 10.9. The van der Waals surface area contributed by atoms with Gasteiger partial charge >= 0.3 is 0 Å². The third-order valence-electron chi connectivity index (χ3n) is 3.83. The molecule has 122 valence electrons. The van der Waals surface area contributed by atoms with Crippen LogP contribution in [0.4, 0.5) is 5.82 Å². The van der Waals surface area contributed by atoms with Crippen molar-refractivity contribution in [3.63, 3.8) is 0 Å². The van der Waals surface area contributed by atoms with E-state index in [0.717, 1.165) is 19.3 Å². The van der Waals surface area contributed by atoms with Crippen molar-refractivity contribution in [2.45, 2.75) is 45.3 Å². The molecule has 1 saturated heterocycles. The number of aromatic nitrogens is 4. The molecule has 1 aliphatic heterocycles. The Bertz CT molecular complexity index is 677. The van der Waals surface area contributed by atoms with Crippen LogP contribution in [0.25, 0.3) is 11.5 Å². The summed E-state index contributed by atoms with van der Waals surface area (Å²) in [5.74, 6) is 1.05. The Kier molecular flexibility index (Phi) is 4.66. The summed E-state index contributed by atoms with van der Waals surface area (Å²) in [7, 11) is 0. The van der Waals surface area contributed by atoms with Crippen LogP contribution in [0.15, 0.2) is 24.5 Å². The van der Waals surface area contributed by atoms with Gasteiger partial charge in [-0.3, -0.25) is 4.79 Å². The minimum atomic E-state index is -0.381. The van der Waals surface area contributed by atoms with E-state index >= 15 is 0 Å². The van der Waals surface area contributed by atoms with Crippen molar-refractivity contribution >= 4 is 11.7 Å². The average Bonchev–Trinajstić information content (AvgIpc) is 3.06. The fourth-order valence-electron chi connectivity index (χ4n) is 2.59. The van der Waals surface area contributed by atoms with Crippen molar-refractivity contribution in [1.29, 1.82) is 0 Å². The van der Waals surface area contributed by atoms with Gasteiger partial charge in [-0.1, -0.05) is 6.07 Å². The molecule has 1 amide bonds. The molecule has 23 heavy (non-hydrogen) atoms. The van der Waals surface area contributed by atoms with Crippen molar-refractivity contribution in [1.82, 2.24) is 19.7 Å². The first-order chi connectivity index (χ1) is 11.1.